The SMILES string of the molecule is C[C@]12CCCCC1CCC2CCO. The van der Waals surface area contributed by atoms with Crippen molar-refractivity contribution >= 4 is 0 Å². The molecule has 76 valence electrons. The topological polar surface area (TPSA) is 20.2 Å². The van der Waals surface area contributed by atoms with Crippen molar-refractivity contribution in [1.29, 1.82) is 0 Å². The number of hydrogen-bond acceptors (Lipinski definition) is 1. The molecule has 0 saturated heterocycles. The molecule has 0 amide bonds. The van der Waals surface area contributed by atoms with E-state index < -0.39 is 0 Å². The summed E-state index contributed by atoms with van der Waals surface area (Å²) in [5, 5.41) is 9.03. The highest BCUT2D eigenvalue weighted by Crippen LogP contribution is 2.56. The second-order valence-electron chi connectivity index (χ2n) is 5.24. The van der Waals surface area contributed by atoms with Gasteiger partial charge in [-0.15, -0.1) is 0 Å². The van der Waals surface area contributed by atoms with Crippen LogP contribution in [0.3, 0.4) is 0 Å². The average Bonchev–Trinajstić information content (AvgIpc) is 2.45. The van der Waals surface area contributed by atoms with Crippen LogP contribution in [0.1, 0.15) is 51.9 Å². The molecule has 0 radical (unpaired) electrons. The molecule has 0 heterocycles. The van der Waals surface area contributed by atoms with Crippen LogP contribution in [0, 0.1) is 17.3 Å². The minimum Gasteiger partial charge on any atom is -0.396 e. The number of hydrogen-bond donors (Lipinski definition) is 1. The highest BCUT2D eigenvalue weighted by Gasteiger charge is 2.46. The standard InChI is InChI=1S/C12H22O/c1-12-8-3-2-4-10(12)5-6-11(12)7-9-13/h10-11,13H,2-9H2,1H3/t10?,11?,12-/m0/s1. The Morgan fingerprint density at radius 2 is 2.08 bits per heavy atom. The summed E-state index contributed by atoms with van der Waals surface area (Å²) < 4.78 is 0. The van der Waals surface area contributed by atoms with Gasteiger partial charge in [-0.2, -0.15) is 0 Å². The van der Waals surface area contributed by atoms with Crippen LogP contribution >= 0.6 is 0 Å². The van der Waals surface area contributed by atoms with Gasteiger partial charge >= 0.3 is 0 Å². The first-order valence-electron chi connectivity index (χ1n) is 5.88. The van der Waals surface area contributed by atoms with Crippen molar-refractivity contribution < 1.29 is 5.11 Å². The molecular weight excluding hydrogens is 160 g/mol. The van der Waals surface area contributed by atoms with Crippen molar-refractivity contribution in [3.8, 4) is 0 Å². The Morgan fingerprint density at radius 3 is 2.85 bits per heavy atom. The summed E-state index contributed by atoms with van der Waals surface area (Å²) in [6.07, 6.45) is 9.61. The van der Waals surface area contributed by atoms with Gasteiger partial charge in [0.2, 0.25) is 0 Å². The van der Waals surface area contributed by atoms with Crippen LogP contribution in [0.2, 0.25) is 0 Å². The molecule has 0 bridgehead atoms. The summed E-state index contributed by atoms with van der Waals surface area (Å²) >= 11 is 0. The lowest BCUT2D eigenvalue weighted by Gasteiger charge is -2.40. The van der Waals surface area contributed by atoms with Crippen molar-refractivity contribution in [1.82, 2.24) is 0 Å². The highest BCUT2D eigenvalue weighted by atomic mass is 16.3. The zero-order valence-corrected chi connectivity index (χ0v) is 8.76. The van der Waals surface area contributed by atoms with Gasteiger partial charge in [0, 0.05) is 6.61 Å². The lowest BCUT2D eigenvalue weighted by molar-refractivity contribution is 0.0827. The summed E-state index contributed by atoms with van der Waals surface area (Å²) in [7, 11) is 0. The average molecular weight is 182 g/mol. The fraction of sp³-hybridized carbons (Fsp3) is 1.00. The molecule has 3 atom stereocenters. The number of aliphatic hydroxyl groups is 1. The van der Waals surface area contributed by atoms with Crippen LogP contribution in [-0.4, -0.2) is 11.7 Å². The van der Waals surface area contributed by atoms with E-state index in [1.807, 2.05) is 0 Å². The molecule has 1 nitrogen and oxygen atoms in total. The molecule has 2 aliphatic rings. The van der Waals surface area contributed by atoms with Crippen molar-refractivity contribution in [3.63, 3.8) is 0 Å². The first kappa shape index (κ1) is 9.51. The minimum atomic E-state index is 0.396. The van der Waals surface area contributed by atoms with Gasteiger partial charge in [0.15, 0.2) is 0 Å². The molecule has 2 saturated carbocycles. The van der Waals surface area contributed by atoms with Crippen LogP contribution in [0.4, 0.5) is 0 Å². The molecule has 2 fully saturated rings. The lowest BCUT2D eigenvalue weighted by Crippen LogP contribution is -2.32. The summed E-state index contributed by atoms with van der Waals surface area (Å²) in [6, 6.07) is 0. The first-order chi connectivity index (χ1) is 6.27. The van der Waals surface area contributed by atoms with Gasteiger partial charge in [-0.3, -0.25) is 0 Å². The zero-order valence-electron chi connectivity index (χ0n) is 8.76. The molecule has 2 aliphatic carbocycles. The summed E-state index contributed by atoms with van der Waals surface area (Å²) in [5.74, 6) is 1.81. The molecule has 13 heavy (non-hydrogen) atoms. The Labute approximate surface area is 81.5 Å². The van der Waals surface area contributed by atoms with Gasteiger partial charge in [-0.05, 0) is 49.4 Å². The van der Waals surface area contributed by atoms with Crippen LogP contribution in [0.15, 0.2) is 0 Å². The van der Waals surface area contributed by atoms with Gasteiger partial charge in [-0.25, -0.2) is 0 Å². The second kappa shape index (κ2) is 3.61. The smallest absolute Gasteiger partial charge is 0.0433 e. The molecule has 0 aromatic carbocycles. The predicted octanol–water partition coefficient (Wildman–Crippen LogP) is 2.98. The Hall–Kier alpha value is -0.0400. The number of fused-ring (bicyclic) bond motifs is 1. The maximum atomic E-state index is 9.03. The van der Waals surface area contributed by atoms with Crippen molar-refractivity contribution in [2.75, 3.05) is 6.61 Å². The van der Waals surface area contributed by atoms with E-state index in [1.165, 1.54) is 38.5 Å². The Balaban J connectivity index is 2.07. The van der Waals surface area contributed by atoms with Crippen molar-refractivity contribution in [3.05, 3.63) is 0 Å². The molecule has 2 rings (SSSR count). The molecular formula is C12H22O. The quantitative estimate of drug-likeness (QED) is 0.696. The van der Waals surface area contributed by atoms with E-state index in [4.69, 9.17) is 5.11 Å². The van der Waals surface area contributed by atoms with Gasteiger partial charge in [-0.1, -0.05) is 19.8 Å². The fourth-order valence-electron chi connectivity index (χ4n) is 3.80. The van der Waals surface area contributed by atoms with E-state index in [9.17, 15) is 0 Å². The van der Waals surface area contributed by atoms with Crippen LogP contribution in [-0.2, 0) is 0 Å². The summed E-state index contributed by atoms with van der Waals surface area (Å²) in [6.45, 7) is 2.87. The van der Waals surface area contributed by atoms with Crippen molar-refractivity contribution in [2.24, 2.45) is 17.3 Å². The summed E-state index contributed by atoms with van der Waals surface area (Å²) in [5.41, 5.74) is 0.598. The van der Waals surface area contributed by atoms with Crippen LogP contribution in [0.25, 0.3) is 0 Å². The summed E-state index contributed by atoms with van der Waals surface area (Å²) in [4.78, 5) is 0. The predicted molar refractivity (Wildman–Crippen MR) is 54.5 cm³/mol. The molecule has 0 aromatic rings. The van der Waals surface area contributed by atoms with Crippen LogP contribution < -0.4 is 0 Å². The molecule has 0 aromatic heterocycles. The third-order valence-electron chi connectivity index (χ3n) is 4.72. The molecule has 1 heteroatoms. The normalized spacial score (nSPS) is 44.8. The molecule has 0 aliphatic heterocycles. The first-order valence-corrected chi connectivity index (χ1v) is 5.88. The van der Waals surface area contributed by atoms with Gasteiger partial charge in [0.1, 0.15) is 0 Å². The lowest BCUT2D eigenvalue weighted by atomic mass is 9.65. The van der Waals surface area contributed by atoms with Gasteiger partial charge < -0.3 is 5.11 Å². The third-order valence-corrected chi connectivity index (χ3v) is 4.72. The van der Waals surface area contributed by atoms with Gasteiger partial charge in [0.25, 0.3) is 0 Å². The Kier molecular flexibility index (Phi) is 2.64. The van der Waals surface area contributed by atoms with E-state index in [1.54, 1.807) is 0 Å². The van der Waals surface area contributed by atoms with E-state index in [0.717, 1.165) is 18.3 Å². The third kappa shape index (κ3) is 1.52. The fourth-order valence-corrected chi connectivity index (χ4v) is 3.80. The largest absolute Gasteiger partial charge is 0.396 e. The minimum absolute atomic E-state index is 0.396. The molecule has 2 unspecified atom stereocenters. The zero-order chi connectivity index (χ0) is 9.31. The molecule has 0 spiro atoms. The van der Waals surface area contributed by atoms with Crippen molar-refractivity contribution in [2.45, 2.75) is 51.9 Å². The monoisotopic (exact) mass is 182 g/mol. The second-order valence-corrected chi connectivity index (χ2v) is 5.24. The number of aliphatic hydroxyl groups excluding tert-OH is 1. The maximum absolute atomic E-state index is 9.03. The Morgan fingerprint density at radius 1 is 1.23 bits per heavy atom. The van der Waals surface area contributed by atoms with E-state index in [0.29, 0.717) is 12.0 Å². The van der Waals surface area contributed by atoms with E-state index >= 15 is 0 Å². The van der Waals surface area contributed by atoms with E-state index in [2.05, 4.69) is 6.92 Å². The van der Waals surface area contributed by atoms with Crippen LogP contribution in [0.5, 0.6) is 0 Å². The Bertz CT molecular complexity index is 178. The highest BCUT2D eigenvalue weighted by molar-refractivity contribution is 4.96. The number of rotatable bonds is 2. The van der Waals surface area contributed by atoms with E-state index in [-0.39, 0.29) is 0 Å². The maximum Gasteiger partial charge on any atom is 0.0433 e. The molecule has 1 N–H and O–H groups in total. The van der Waals surface area contributed by atoms with Gasteiger partial charge in [0.05, 0.1) is 0 Å².